The Kier molecular flexibility index (Phi) is 5.33. The van der Waals surface area contributed by atoms with Crippen LogP contribution < -0.4 is 4.90 Å². The number of hydrogen-bond donors (Lipinski definition) is 0. The fraction of sp³-hybridized carbons (Fsp3) is 0.364. The van der Waals surface area contributed by atoms with E-state index < -0.39 is 0 Å². The van der Waals surface area contributed by atoms with E-state index in [0.29, 0.717) is 12.1 Å². The van der Waals surface area contributed by atoms with Gasteiger partial charge in [-0.15, -0.1) is 16.4 Å². The minimum absolute atomic E-state index is 0.0438. The molecule has 5 nitrogen and oxygen atoms in total. The Labute approximate surface area is 170 Å². The molecule has 2 aromatic heterocycles. The van der Waals surface area contributed by atoms with Crippen molar-refractivity contribution < 1.29 is 4.79 Å². The Balaban J connectivity index is 1.70. The number of benzene rings is 1. The minimum atomic E-state index is 0.0438. The quantitative estimate of drug-likeness (QED) is 0.656. The van der Waals surface area contributed by atoms with Crippen LogP contribution in [0.5, 0.6) is 0 Å². The van der Waals surface area contributed by atoms with E-state index in [2.05, 4.69) is 25.8 Å². The molecule has 1 fully saturated rings. The number of thiophene rings is 1. The fourth-order valence-corrected chi connectivity index (χ4v) is 4.66. The predicted octanol–water partition coefficient (Wildman–Crippen LogP) is 4.45. The van der Waals surface area contributed by atoms with Gasteiger partial charge < -0.3 is 4.90 Å². The standard InChI is InChI=1S/C22H26N4OS/c1-16-14-19(15-17(2)24(16)3)26(22(27)20-10-7-13-28-20)21-11-12-25(23-21)18-8-5-4-6-9-18/h4-13,16-17,19H,14-15H2,1-3H3. The third kappa shape index (κ3) is 3.62. The van der Waals surface area contributed by atoms with Crippen molar-refractivity contribution in [1.82, 2.24) is 14.7 Å². The van der Waals surface area contributed by atoms with Crippen molar-refractivity contribution in [3.05, 3.63) is 65.0 Å². The van der Waals surface area contributed by atoms with E-state index in [1.165, 1.54) is 11.3 Å². The van der Waals surface area contributed by atoms with Crippen molar-refractivity contribution in [2.75, 3.05) is 11.9 Å². The van der Waals surface area contributed by atoms with Gasteiger partial charge in [0.1, 0.15) is 0 Å². The molecule has 28 heavy (non-hydrogen) atoms. The van der Waals surface area contributed by atoms with Crippen LogP contribution in [0.25, 0.3) is 5.69 Å². The molecule has 1 aromatic carbocycles. The summed E-state index contributed by atoms with van der Waals surface area (Å²) in [4.78, 5) is 18.5. The Morgan fingerprint density at radius 2 is 1.79 bits per heavy atom. The van der Waals surface area contributed by atoms with Crippen LogP contribution in [0, 0.1) is 0 Å². The summed E-state index contributed by atoms with van der Waals surface area (Å²) >= 11 is 1.49. The first-order valence-electron chi connectivity index (χ1n) is 9.74. The van der Waals surface area contributed by atoms with Crippen LogP contribution in [0.3, 0.4) is 0 Å². The van der Waals surface area contributed by atoms with E-state index in [0.717, 1.165) is 29.2 Å². The van der Waals surface area contributed by atoms with Crippen molar-refractivity contribution in [3.8, 4) is 5.69 Å². The minimum Gasteiger partial charge on any atom is -0.301 e. The summed E-state index contributed by atoms with van der Waals surface area (Å²) in [6.45, 7) is 4.47. The van der Waals surface area contributed by atoms with Gasteiger partial charge in [0.15, 0.2) is 5.82 Å². The third-order valence-electron chi connectivity index (χ3n) is 5.78. The molecule has 0 spiro atoms. The predicted molar refractivity (Wildman–Crippen MR) is 114 cm³/mol. The Morgan fingerprint density at radius 1 is 1.07 bits per heavy atom. The molecular weight excluding hydrogens is 368 g/mol. The molecule has 0 bridgehead atoms. The number of nitrogens with zero attached hydrogens (tertiary/aromatic N) is 4. The van der Waals surface area contributed by atoms with E-state index >= 15 is 0 Å². The molecule has 2 unspecified atom stereocenters. The van der Waals surface area contributed by atoms with Crippen molar-refractivity contribution >= 4 is 23.1 Å². The lowest BCUT2D eigenvalue weighted by molar-refractivity contribution is 0.0905. The van der Waals surface area contributed by atoms with E-state index in [1.807, 2.05) is 69.7 Å². The molecule has 1 saturated heterocycles. The molecule has 0 N–H and O–H groups in total. The van der Waals surface area contributed by atoms with E-state index in [1.54, 1.807) is 0 Å². The summed E-state index contributed by atoms with van der Waals surface area (Å²) in [7, 11) is 2.17. The molecule has 4 rings (SSSR count). The maximum Gasteiger partial charge on any atom is 0.269 e. The molecule has 1 aliphatic heterocycles. The molecular formula is C22H26N4OS. The van der Waals surface area contributed by atoms with E-state index in [4.69, 9.17) is 5.10 Å². The second-order valence-electron chi connectivity index (χ2n) is 7.60. The number of rotatable bonds is 4. The molecule has 3 heterocycles. The smallest absolute Gasteiger partial charge is 0.269 e. The van der Waals surface area contributed by atoms with E-state index in [9.17, 15) is 4.79 Å². The normalized spacial score (nSPS) is 22.9. The van der Waals surface area contributed by atoms with Gasteiger partial charge in [-0.2, -0.15) is 0 Å². The zero-order chi connectivity index (χ0) is 19.7. The van der Waals surface area contributed by atoms with Gasteiger partial charge in [-0.25, -0.2) is 4.68 Å². The highest BCUT2D eigenvalue weighted by molar-refractivity contribution is 7.12. The fourth-order valence-electron chi connectivity index (χ4n) is 4.00. The van der Waals surface area contributed by atoms with Crippen LogP contribution in [0.15, 0.2) is 60.1 Å². The number of piperidine rings is 1. The summed E-state index contributed by atoms with van der Waals surface area (Å²) in [5.74, 6) is 0.762. The molecule has 6 heteroatoms. The molecule has 146 valence electrons. The lowest BCUT2D eigenvalue weighted by Gasteiger charge is -2.43. The summed E-state index contributed by atoms with van der Waals surface area (Å²) in [5, 5.41) is 6.72. The molecule has 0 radical (unpaired) electrons. The Hall–Kier alpha value is -2.44. The molecule has 2 atom stereocenters. The summed E-state index contributed by atoms with van der Waals surface area (Å²) in [6, 6.07) is 16.8. The summed E-state index contributed by atoms with van der Waals surface area (Å²) in [5.41, 5.74) is 0.988. The first-order valence-corrected chi connectivity index (χ1v) is 10.6. The second kappa shape index (κ2) is 7.89. The molecule has 0 aliphatic carbocycles. The zero-order valence-electron chi connectivity index (χ0n) is 16.5. The van der Waals surface area contributed by atoms with Crippen LogP contribution in [0.4, 0.5) is 5.82 Å². The molecule has 3 aromatic rings. The van der Waals surface area contributed by atoms with Gasteiger partial charge in [-0.05, 0) is 57.3 Å². The maximum absolute atomic E-state index is 13.4. The van der Waals surface area contributed by atoms with Gasteiger partial charge in [0.2, 0.25) is 0 Å². The first kappa shape index (κ1) is 18.9. The van der Waals surface area contributed by atoms with Gasteiger partial charge >= 0.3 is 0 Å². The van der Waals surface area contributed by atoms with Crippen molar-refractivity contribution in [2.45, 2.75) is 44.8 Å². The first-order chi connectivity index (χ1) is 13.5. The topological polar surface area (TPSA) is 41.4 Å². The van der Waals surface area contributed by atoms with Gasteiger partial charge in [0.25, 0.3) is 5.91 Å². The summed E-state index contributed by atoms with van der Waals surface area (Å²) < 4.78 is 1.84. The van der Waals surface area contributed by atoms with Crippen molar-refractivity contribution in [2.24, 2.45) is 0 Å². The zero-order valence-corrected chi connectivity index (χ0v) is 17.3. The van der Waals surface area contributed by atoms with Gasteiger partial charge in [0, 0.05) is 30.4 Å². The van der Waals surface area contributed by atoms with Crippen LogP contribution >= 0.6 is 11.3 Å². The number of para-hydroxylation sites is 1. The number of anilines is 1. The van der Waals surface area contributed by atoms with Crippen LogP contribution in [-0.2, 0) is 0 Å². The SMILES string of the molecule is CC1CC(N(C(=O)c2cccs2)c2ccn(-c3ccccc3)n2)CC(C)N1C. The third-order valence-corrected chi connectivity index (χ3v) is 6.63. The van der Waals surface area contributed by atoms with Gasteiger partial charge in [-0.1, -0.05) is 24.3 Å². The number of aromatic nitrogens is 2. The lowest BCUT2D eigenvalue weighted by Crippen LogP contribution is -2.53. The Bertz CT molecular complexity index is 909. The average molecular weight is 395 g/mol. The number of hydrogen-bond acceptors (Lipinski definition) is 4. The molecule has 1 aliphatic rings. The highest BCUT2D eigenvalue weighted by Gasteiger charge is 2.36. The average Bonchev–Trinajstić information content (AvgIpc) is 3.39. The number of carbonyl (C=O) groups is 1. The summed E-state index contributed by atoms with van der Waals surface area (Å²) in [6.07, 6.45) is 3.81. The highest BCUT2D eigenvalue weighted by Crippen LogP contribution is 2.30. The van der Waals surface area contributed by atoms with Crippen molar-refractivity contribution in [1.29, 1.82) is 0 Å². The molecule has 0 saturated carbocycles. The maximum atomic E-state index is 13.4. The second-order valence-corrected chi connectivity index (χ2v) is 8.54. The van der Waals surface area contributed by atoms with Crippen LogP contribution in [-0.4, -0.2) is 45.8 Å². The lowest BCUT2D eigenvalue weighted by atomic mass is 9.92. The largest absolute Gasteiger partial charge is 0.301 e. The molecule has 1 amide bonds. The van der Waals surface area contributed by atoms with Gasteiger partial charge in [0.05, 0.1) is 10.6 Å². The van der Waals surface area contributed by atoms with Gasteiger partial charge in [-0.3, -0.25) is 9.69 Å². The van der Waals surface area contributed by atoms with E-state index in [-0.39, 0.29) is 11.9 Å². The number of likely N-dealkylation sites (tertiary alicyclic amines) is 1. The Morgan fingerprint density at radius 3 is 2.43 bits per heavy atom. The van der Waals surface area contributed by atoms with Crippen molar-refractivity contribution in [3.63, 3.8) is 0 Å². The van der Waals surface area contributed by atoms with Crippen LogP contribution in [0.1, 0.15) is 36.4 Å². The monoisotopic (exact) mass is 394 g/mol. The highest BCUT2D eigenvalue weighted by atomic mass is 32.1. The number of carbonyl (C=O) groups excluding carboxylic acids is 1. The number of amides is 1. The van der Waals surface area contributed by atoms with Crippen LogP contribution in [0.2, 0.25) is 0 Å².